The summed E-state index contributed by atoms with van der Waals surface area (Å²) < 4.78 is 6.20. The summed E-state index contributed by atoms with van der Waals surface area (Å²) in [5, 5.41) is 9.80. The number of rotatable bonds is 6. The smallest absolute Gasteiger partial charge is 0.259 e. The molecule has 0 fully saturated rings. The van der Waals surface area contributed by atoms with Gasteiger partial charge in [0.25, 0.3) is 11.8 Å². The van der Waals surface area contributed by atoms with Crippen molar-refractivity contribution in [1.82, 2.24) is 19.7 Å². The van der Waals surface area contributed by atoms with Crippen molar-refractivity contribution in [3.05, 3.63) is 47.7 Å². The Kier molecular flexibility index (Phi) is 8.11. The minimum absolute atomic E-state index is 0.0840. The third-order valence-electron chi connectivity index (χ3n) is 6.38. The Labute approximate surface area is 206 Å². The van der Waals surface area contributed by atoms with Gasteiger partial charge in [-0.2, -0.15) is 0 Å². The van der Waals surface area contributed by atoms with Gasteiger partial charge in [-0.3, -0.25) is 14.4 Å². The molecular weight excluding hydrogens is 448 g/mol. The number of hydrogen-bond donors (Lipinski definition) is 1. The molecule has 3 rings (SSSR count). The lowest BCUT2D eigenvalue weighted by Gasteiger charge is -2.37. The van der Waals surface area contributed by atoms with Crippen molar-refractivity contribution in [2.24, 2.45) is 5.92 Å². The Morgan fingerprint density at radius 1 is 1.20 bits per heavy atom. The first-order chi connectivity index (χ1) is 16.5. The minimum Gasteiger partial charge on any atom is -0.472 e. The van der Waals surface area contributed by atoms with E-state index in [1.165, 1.54) is 11.8 Å². The molecule has 0 aliphatic carbocycles. The second kappa shape index (κ2) is 10.9. The van der Waals surface area contributed by atoms with Crippen LogP contribution in [0.2, 0.25) is 0 Å². The number of pyridine rings is 1. The molecule has 1 aromatic heterocycles. The molecule has 0 spiro atoms. The average molecular weight is 483 g/mol. The predicted molar refractivity (Wildman–Crippen MR) is 132 cm³/mol. The van der Waals surface area contributed by atoms with Crippen LogP contribution in [-0.2, 0) is 4.79 Å². The summed E-state index contributed by atoms with van der Waals surface area (Å²) in [6, 6.07) is 8.43. The van der Waals surface area contributed by atoms with Gasteiger partial charge in [0.05, 0.1) is 19.2 Å². The van der Waals surface area contributed by atoms with Gasteiger partial charge in [-0.05, 0) is 30.7 Å². The summed E-state index contributed by atoms with van der Waals surface area (Å²) in [5.74, 6) is -0.367. The molecule has 1 aliphatic rings. The van der Waals surface area contributed by atoms with E-state index in [4.69, 9.17) is 4.74 Å². The third-order valence-corrected chi connectivity index (χ3v) is 6.38. The van der Waals surface area contributed by atoms with E-state index in [0.29, 0.717) is 29.8 Å². The van der Waals surface area contributed by atoms with Gasteiger partial charge in [0.2, 0.25) is 11.8 Å². The first kappa shape index (κ1) is 26.2. The number of ether oxygens (including phenoxy) is 1. The summed E-state index contributed by atoms with van der Waals surface area (Å²) in [6.07, 6.45) is 1.24. The first-order valence-electron chi connectivity index (χ1n) is 11.7. The molecule has 0 bridgehead atoms. The molecule has 3 atom stereocenters. The molecular formula is C26H34N4O5. The fraction of sp³-hybridized carbons (Fsp3) is 0.462. The number of hydrogen-bond acceptors (Lipinski definition) is 6. The van der Waals surface area contributed by atoms with E-state index in [-0.39, 0.29) is 42.2 Å². The Hall–Kier alpha value is -3.46. The highest BCUT2D eigenvalue weighted by molar-refractivity contribution is 5.98. The number of aliphatic hydroxyl groups excluding tert-OH is 1. The molecule has 0 saturated carbocycles. The van der Waals surface area contributed by atoms with E-state index >= 15 is 0 Å². The number of fused-ring (bicyclic) bond motifs is 1. The molecule has 0 unspecified atom stereocenters. The van der Waals surface area contributed by atoms with Gasteiger partial charge in [0, 0.05) is 57.9 Å². The zero-order valence-electron chi connectivity index (χ0n) is 21.2. The highest BCUT2D eigenvalue weighted by Gasteiger charge is 2.34. The van der Waals surface area contributed by atoms with Crippen LogP contribution in [-0.4, -0.2) is 95.5 Å². The molecule has 188 valence electrons. The summed E-state index contributed by atoms with van der Waals surface area (Å²) in [4.78, 5) is 46.8. The number of amides is 3. The van der Waals surface area contributed by atoms with Crippen LogP contribution in [0.4, 0.5) is 0 Å². The largest absolute Gasteiger partial charge is 0.472 e. The highest BCUT2D eigenvalue weighted by atomic mass is 16.5. The molecule has 0 radical (unpaired) electrons. The fourth-order valence-electron chi connectivity index (χ4n) is 3.94. The van der Waals surface area contributed by atoms with Crippen molar-refractivity contribution < 1.29 is 24.2 Å². The molecule has 1 aliphatic heterocycles. The van der Waals surface area contributed by atoms with Crippen LogP contribution >= 0.6 is 0 Å². The maximum atomic E-state index is 13.6. The quantitative estimate of drug-likeness (QED) is 0.677. The van der Waals surface area contributed by atoms with Gasteiger partial charge in [-0.1, -0.05) is 19.1 Å². The van der Waals surface area contributed by atoms with Crippen molar-refractivity contribution in [1.29, 1.82) is 0 Å². The summed E-state index contributed by atoms with van der Waals surface area (Å²) in [7, 11) is 5.10. The van der Waals surface area contributed by atoms with Gasteiger partial charge in [0.15, 0.2) is 0 Å². The van der Waals surface area contributed by atoms with Crippen molar-refractivity contribution >= 4 is 17.7 Å². The van der Waals surface area contributed by atoms with Crippen LogP contribution in [0.3, 0.4) is 0 Å². The lowest BCUT2D eigenvalue weighted by molar-refractivity contribution is -0.129. The standard InChI is InChI=1S/C26H34N4O5/c1-16-13-30(17(2)15-31)26(34)22-11-21(19-7-9-20(10-8-19)25(33)28(4)5)12-27-24(22)35-23(16)14-29(6)18(3)32/h7-12,16-17,23,31H,13-15H2,1-6H3/t16-,17-,23-/m1/s1. The van der Waals surface area contributed by atoms with Gasteiger partial charge < -0.3 is 24.5 Å². The molecule has 2 heterocycles. The number of nitrogens with zero attached hydrogens (tertiary/aromatic N) is 4. The van der Waals surface area contributed by atoms with E-state index in [2.05, 4.69) is 4.98 Å². The summed E-state index contributed by atoms with van der Waals surface area (Å²) in [5.41, 5.74) is 2.35. The van der Waals surface area contributed by atoms with E-state index in [9.17, 15) is 19.5 Å². The minimum atomic E-state index is -0.401. The predicted octanol–water partition coefficient (Wildman–Crippen LogP) is 2.15. The van der Waals surface area contributed by atoms with Gasteiger partial charge in [0.1, 0.15) is 11.7 Å². The lowest BCUT2D eigenvalue weighted by atomic mass is 9.99. The molecule has 35 heavy (non-hydrogen) atoms. The van der Waals surface area contributed by atoms with Crippen LogP contribution in [0.1, 0.15) is 41.5 Å². The van der Waals surface area contributed by atoms with Crippen molar-refractivity contribution in [2.45, 2.75) is 32.9 Å². The molecule has 1 N–H and O–H groups in total. The number of aromatic nitrogens is 1. The lowest BCUT2D eigenvalue weighted by Crippen LogP contribution is -2.50. The van der Waals surface area contributed by atoms with Crippen molar-refractivity contribution in [2.75, 3.05) is 40.8 Å². The van der Waals surface area contributed by atoms with E-state index in [0.717, 1.165) is 5.56 Å². The zero-order chi connectivity index (χ0) is 25.9. The maximum Gasteiger partial charge on any atom is 0.259 e. The highest BCUT2D eigenvalue weighted by Crippen LogP contribution is 2.30. The first-order valence-corrected chi connectivity index (χ1v) is 11.7. The summed E-state index contributed by atoms with van der Waals surface area (Å²) in [6.45, 7) is 5.77. The monoisotopic (exact) mass is 482 g/mol. The van der Waals surface area contributed by atoms with Crippen molar-refractivity contribution in [3.63, 3.8) is 0 Å². The van der Waals surface area contributed by atoms with Crippen LogP contribution in [0, 0.1) is 5.92 Å². The Balaban J connectivity index is 2.02. The Bertz CT molecular complexity index is 1090. The number of likely N-dealkylation sites (N-methyl/N-ethyl adjacent to an activating group) is 1. The fourth-order valence-corrected chi connectivity index (χ4v) is 3.94. The van der Waals surface area contributed by atoms with Crippen LogP contribution in [0.5, 0.6) is 5.88 Å². The number of benzene rings is 1. The van der Waals surface area contributed by atoms with E-state index in [1.54, 1.807) is 62.3 Å². The second-order valence-electron chi connectivity index (χ2n) is 9.38. The van der Waals surface area contributed by atoms with Crippen LogP contribution in [0.15, 0.2) is 36.5 Å². The normalized spacial score (nSPS) is 18.6. The van der Waals surface area contributed by atoms with Gasteiger partial charge >= 0.3 is 0 Å². The Morgan fingerprint density at radius 2 is 1.86 bits per heavy atom. The van der Waals surface area contributed by atoms with Crippen molar-refractivity contribution in [3.8, 4) is 17.0 Å². The van der Waals surface area contributed by atoms with Gasteiger partial charge in [-0.25, -0.2) is 4.98 Å². The number of carbonyl (C=O) groups is 3. The molecule has 9 heteroatoms. The number of aliphatic hydroxyl groups is 1. The van der Waals surface area contributed by atoms with E-state index < -0.39 is 6.04 Å². The molecule has 3 amide bonds. The molecule has 2 aromatic rings. The third kappa shape index (κ3) is 5.79. The second-order valence-corrected chi connectivity index (χ2v) is 9.38. The molecule has 1 aromatic carbocycles. The van der Waals surface area contributed by atoms with Gasteiger partial charge in [-0.15, -0.1) is 0 Å². The van der Waals surface area contributed by atoms with Crippen LogP contribution < -0.4 is 4.74 Å². The topological polar surface area (TPSA) is 103 Å². The zero-order valence-corrected chi connectivity index (χ0v) is 21.2. The molecule has 9 nitrogen and oxygen atoms in total. The Morgan fingerprint density at radius 3 is 2.43 bits per heavy atom. The summed E-state index contributed by atoms with van der Waals surface area (Å²) >= 11 is 0. The average Bonchev–Trinajstić information content (AvgIpc) is 2.84. The van der Waals surface area contributed by atoms with E-state index in [1.807, 2.05) is 19.1 Å². The molecule has 0 saturated heterocycles. The van der Waals surface area contributed by atoms with Crippen LogP contribution in [0.25, 0.3) is 11.1 Å². The number of carbonyl (C=O) groups excluding carboxylic acids is 3. The maximum absolute atomic E-state index is 13.6. The SMILES string of the molecule is CC(=O)N(C)C[C@H]1Oc2ncc(-c3ccc(C(=O)N(C)C)cc3)cc2C(=O)N([C@H](C)CO)C[C@H]1C.